The Morgan fingerprint density at radius 3 is 2.47 bits per heavy atom. The van der Waals surface area contributed by atoms with Crippen molar-refractivity contribution in [2.24, 2.45) is 11.0 Å². The third kappa shape index (κ3) is 7.57. The van der Waals surface area contributed by atoms with Gasteiger partial charge >= 0.3 is 0 Å². The summed E-state index contributed by atoms with van der Waals surface area (Å²) in [6.45, 7) is 8.35. The quantitative estimate of drug-likeness (QED) is 0.277. The molecule has 0 aromatic heterocycles. The molecule has 0 spiro atoms. The van der Waals surface area contributed by atoms with E-state index in [1.165, 1.54) is 0 Å². The van der Waals surface area contributed by atoms with E-state index in [9.17, 15) is 9.59 Å². The molecule has 0 saturated heterocycles. The number of ether oxygens (including phenoxy) is 2. The van der Waals surface area contributed by atoms with Crippen LogP contribution < -0.4 is 20.2 Å². The van der Waals surface area contributed by atoms with Crippen molar-refractivity contribution in [3.8, 4) is 11.5 Å². The highest BCUT2D eigenvalue weighted by Crippen LogP contribution is 2.27. The molecular formula is C29H35N3O4. The fourth-order valence-corrected chi connectivity index (χ4v) is 3.79. The third-order valence-electron chi connectivity index (χ3n) is 5.57. The van der Waals surface area contributed by atoms with Crippen LogP contribution in [-0.4, -0.2) is 37.3 Å². The van der Waals surface area contributed by atoms with Crippen molar-refractivity contribution >= 4 is 28.8 Å². The lowest BCUT2D eigenvalue weighted by molar-refractivity contribution is -0.130. The van der Waals surface area contributed by atoms with Crippen LogP contribution in [0.15, 0.2) is 65.8 Å². The van der Waals surface area contributed by atoms with Gasteiger partial charge in [0.15, 0.2) is 6.61 Å². The maximum absolute atomic E-state index is 12.9. The number of hydrogen-bond donors (Lipinski definition) is 2. The van der Waals surface area contributed by atoms with E-state index >= 15 is 0 Å². The molecule has 3 aromatic rings. The number of hydrogen-bond acceptors (Lipinski definition) is 5. The molecule has 0 aliphatic carbocycles. The second-order valence-corrected chi connectivity index (χ2v) is 9.09. The van der Waals surface area contributed by atoms with E-state index in [0.717, 1.165) is 28.3 Å². The molecule has 0 bridgehead atoms. The number of amides is 2. The monoisotopic (exact) mass is 489 g/mol. The minimum atomic E-state index is -0.738. The van der Waals surface area contributed by atoms with Crippen molar-refractivity contribution in [3.05, 3.63) is 71.8 Å². The molecule has 3 aromatic carbocycles. The molecule has 7 nitrogen and oxygen atoms in total. The SMILES string of the molecule is CCCOc1ccc2ccccc2c1/C=N\NC(=O)[C@H](CC(C)C)NC(=O)COc1ccccc1C. The first-order valence-corrected chi connectivity index (χ1v) is 12.3. The number of rotatable bonds is 12. The van der Waals surface area contributed by atoms with Crippen LogP contribution in [0.25, 0.3) is 10.8 Å². The summed E-state index contributed by atoms with van der Waals surface area (Å²) in [4.78, 5) is 25.5. The molecule has 0 radical (unpaired) electrons. The van der Waals surface area contributed by atoms with E-state index < -0.39 is 6.04 Å². The highest BCUT2D eigenvalue weighted by Gasteiger charge is 2.22. The van der Waals surface area contributed by atoms with Crippen LogP contribution in [0, 0.1) is 12.8 Å². The number of benzene rings is 3. The Balaban J connectivity index is 1.68. The molecule has 0 unspecified atom stereocenters. The highest BCUT2D eigenvalue weighted by molar-refractivity contribution is 6.02. The minimum absolute atomic E-state index is 0.176. The average Bonchev–Trinajstić information content (AvgIpc) is 2.86. The first-order valence-electron chi connectivity index (χ1n) is 12.3. The zero-order valence-electron chi connectivity index (χ0n) is 21.4. The number of hydrazone groups is 1. The van der Waals surface area contributed by atoms with Crippen LogP contribution in [-0.2, 0) is 9.59 Å². The zero-order chi connectivity index (χ0) is 25.9. The summed E-state index contributed by atoms with van der Waals surface area (Å²) in [5, 5.41) is 9.02. The lowest BCUT2D eigenvalue weighted by atomic mass is 10.0. The maximum atomic E-state index is 12.9. The van der Waals surface area contributed by atoms with Crippen molar-refractivity contribution < 1.29 is 19.1 Å². The van der Waals surface area contributed by atoms with Gasteiger partial charge in [0.25, 0.3) is 11.8 Å². The van der Waals surface area contributed by atoms with E-state index in [1.807, 2.05) is 82.3 Å². The van der Waals surface area contributed by atoms with Gasteiger partial charge in [0.2, 0.25) is 0 Å². The van der Waals surface area contributed by atoms with E-state index in [-0.39, 0.29) is 24.3 Å². The molecule has 0 fully saturated rings. The van der Waals surface area contributed by atoms with Gasteiger partial charge in [-0.05, 0) is 54.2 Å². The highest BCUT2D eigenvalue weighted by atomic mass is 16.5. The number of carbonyl (C=O) groups is 2. The lowest BCUT2D eigenvalue weighted by Gasteiger charge is -2.19. The molecule has 1 atom stereocenters. The maximum Gasteiger partial charge on any atom is 0.262 e. The van der Waals surface area contributed by atoms with Crippen molar-refractivity contribution in [1.29, 1.82) is 0 Å². The van der Waals surface area contributed by atoms with Crippen molar-refractivity contribution in [2.45, 2.75) is 46.6 Å². The molecule has 2 N–H and O–H groups in total. The fourth-order valence-electron chi connectivity index (χ4n) is 3.79. The van der Waals surface area contributed by atoms with Crippen LogP contribution in [0.5, 0.6) is 11.5 Å². The number of nitrogens with zero attached hydrogens (tertiary/aromatic N) is 1. The van der Waals surface area contributed by atoms with Crippen LogP contribution in [0.3, 0.4) is 0 Å². The molecule has 36 heavy (non-hydrogen) atoms. The normalized spacial score (nSPS) is 12.0. The summed E-state index contributed by atoms with van der Waals surface area (Å²) < 4.78 is 11.5. The van der Waals surface area contributed by atoms with E-state index in [1.54, 1.807) is 12.3 Å². The summed E-state index contributed by atoms with van der Waals surface area (Å²) in [5.41, 5.74) is 4.32. The van der Waals surface area contributed by atoms with Gasteiger partial charge in [0.1, 0.15) is 17.5 Å². The summed E-state index contributed by atoms with van der Waals surface area (Å²) in [7, 11) is 0. The second kappa shape index (κ2) is 13.3. The topological polar surface area (TPSA) is 89.0 Å². The van der Waals surface area contributed by atoms with E-state index in [0.29, 0.717) is 24.5 Å². The van der Waals surface area contributed by atoms with Gasteiger partial charge in [-0.3, -0.25) is 9.59 Å². The average molecular weight is 490 g/mol. The Morgan fingerprint density at radius 2 is 1.72 bits per heavy atom. The Hall–Kier alpha value is -3.87. The number of nitrogens with one attached hydrogen (secondary N) is 2. The van der Waals surface area contributed by atoms with E-state index in [4.69, 9.17) is 9.47 Å². The number of aryl methyl sites for hydroxylation is 1. The molecule has 0 aliphatic heterocycles. The summed E-state index contributed by atoms with van der Waals surface area (Å²) in [6, 6.07) is 18.6. The summed E-state index contributed by atoms with van der Waals surface area (Å²) in [6.07, 6.45) is 2.95. The van der Waals surface area contributed by atoms with Crippen molar-refractivity contribution in [2.75, 3.05) is 13.2 Å². The molecule has 0 saturated carbocycles. The van der Waals surface area contributed by atoms with Gasteiger partial charge in [-0.25, -0.2) is 5.43 Å². The largest absolute Gasteiger partial charge is 0.493 e. The van der Waals surface area contributed by atoms with Crippen LogP contribution in [0.1, 0.15) is 44.7 Å². The predicted molar refractivity (Wildman–Crippen MR) is 144 cm³/mol. The smallest absolute Gasteiger partial charge is 0.262 e. The Kier molecular flexibility index (Phi) is 9.86. The lowest BCUT2D eigenvalue weighted by Crippen LogP contribution is -2.47. The van der Waals surface area contributed by atoms with Gasteiger partial charge in [0, 0.05) is 5.56 Å². The Bertz CT molecular complexity index is 1210. The van der Waals surface area contributed by atoms with Crippen LogP contribution in [0.2, 0.25) is 0 Å². The first kappa shape index (κ1) is 26.7. The second-order valence-electron chi connectivity index (χ2n) is 9.09. The molecule has 3 rings (SSSR count). The molecule has 7 heteroatoms. The predicted octanol–water partition coefficient (Wildman–Crippen LogP) is 5.00. The van der Waals surface area contributed by atoms with Gasteiger partial charge in [-0.2, -0.15) is 5.10 Å². The van der Waals surface area contributed by atoms with Gasteiger partial charge in [-0.1, -0.05) is 69.3 Å². The molecule has 0 aliphatic rings. The number of para-hydroxylation sites is 1. The van der Waals surface area contributed by atoms with Crippen LogP contribution >= 0.6 is 0 Å². The molecule has 0 heterocycles. The van der Waals surface area contributed by atoms with E-state index in [2.05, 4.69) is 15.8 Å². The molecule has 2 amide bonds. The Morgan fingerprint density at radius 1 is 0.972 bits per heavy atom. The van der Waals surface area contributed by atoms with Gasteiger partial charge in [0.05, 0.1) is 12.8 Å². The minimum Gasteiger partial charge on any atom is -0.493 e. The first-order chi connectivity index (χ1) is 17.4. The molecule has 190 valence electrons. The standard InChI is InChI=1S/C29H35N3O4/c1-5-16-35-27-15-14-22-11-7-8-12-23(22)24(27)18-30-32-29(34)25(17-20(2)3)31-28(33)19-36-26-13-9-6-10-21(26)4/h6-15,18,20,25H,5,16-17,19H2,1-4H3,(H,31,33)(H,32,34)/b30-18-/t25-/m0/s1. The van der Waals surface area contributed by atoms with Gasteiger partial charge < -0.3 is 14.8 Å². The summed E-state index contributed by atoms with van der Waals surface area (Å²) in [5.74, 6) is 0.773. The van der Waals surface area contributed by atoms with Crippen molar-refractivity contribution in [3.63, 3.8) is 0 Å². The van der Waals surface area contributed by atoms with Crippen molar-refractivity contribution in [1.82, 2.24) is 10.7 Å². The summed E-state index contributed by atoms with van der Waals surface area (Å²) >= 11 is 0. The Labute approximate surface area is 212 Å². The molecular weight excluding hydrogens is 454 g/mol. The fraction of sp³-hybridized carbons (Fsp3) is 0.345. The zero-order valence-corrected chi connectivity index (χ0v) is 21.4. The number of fused-ring (bicyclic) bond motifs is 1. The van der Waals surface area contributed by atoms with Crippen LogP contribution in [0.4, 0.5) is 0 Å². The van der Waals surface area contributed by atoms with Gasteiger partial charge in [-0.15, -0.1) is 0 Å². The third-order valence-corrected chi connectivity index (χ3v) is 5.57. The number of carbonyl (C=O) groups excluding carboxylic acids is 2.